The SMILES string of the molecule is O=C(C1CCSCC1)N1CCC2(CC1)COC(COCC1CC1)C2. The summed E-state index contributed by atoms with van der Waals surface area (Å²) in [6.07, 6.45) is 8.47. The predicted octanol–water partition coefficient (Wildman–Crippen LogP) is 2.95. The van der Waals surface area contributed by atoms with Crippen LogP contribution in [0, 0.1) is 17.3 Å². The number of amides is 1. The molecule has 3 saturated heterocycles. The number of hydrogen-bond donors (Lipinski definition) is 0. The van der Waals surface area contributed by atoms with E-state index in [1.54, 1.807) is 0 Å². The van der Waals surface area contributed by atoms with Gasteiger partial charge in [0.2, 0.25) is 5.91 Å². The van der Waals surface area contributed by atoms with Crippen LogP contribution in [0.5, 0.6) is 0 Å². The molecule has 0 bridgehead atoms. The Morgan fingerprint density at radius 1 is 1.12 bits per heavy atom. The fourth-order valence-corrected chi connectivity index (χ4v) is 5.51. The van der Waals surface area contributed by atoms with Crippen molar-refractivity contribution in [2.45, 2.75) is 51.0 Å². The molecule has 1 spiro atoms. The molecule has 0 N–H and O–H groups in total. The summed E-state index contributed by atoms with van der Waals surface area (Å²) in [4.78, 5) is 14.8. The molecule has 0 radical (unpaired) electrons. The third-order valence-corrected chi connectivity index (χ3v) is 7.40. The Morgan fingerprint density at radius 3 is 2.58 bits per heavy atom. The summed E-state index contributed by atoms with van der Waals surface area (Å²) in [5.74, 6) is 3.86. The average molecular weight is 354 g/mol. The Hall–Kier alpha value is -0.260. The molecule has 1 unspecified atom stereocenters. The Morgan fingerprint density at radius 2 is 1.88 bits per heavy atom. The van der Waals surface area contributed by atoms with Crippen LogP contribution in [-0.4, -0.2) is 61.3 Å². The number of piperidine rings is 1. The van der Waals surface area contributed by atoms with Crippen molar-refractivity contribution in [3.63, 3.8) is 0 Å². The van der Waals surface area contributed by atoms with Gasteiger partial charge in [0.15, 0.2) is 0 Å². The topological polar surface area (TPSA) is 38.8 Å². The molecule has 4 fully saturated rings. The number of rotatable bonds is 5. The van der Waals surface area contributed by atoms with Crippen molar-refractivity contribution in [3.05, 3.63) is 0 Å². The lowest BCUT2D eigenvalue weighted by molar-refractivity contribution is -0.138. The molecule has 3 aliphatic heterocycles. The molecule has 0 aromatic carbocycles. The molecule has 4 aliphatic rings. The van der Waals surface area contributed by atoms with Gasteiger partial charge in [0.25, 0.3) is 0 Å². The first-order valence-electron chi connectivity index (χ1n) is 9.80. The number of thioether (sulfide) groups is 1. The Kier molecular flexibility index (Phi) is 5.40. The molecular weight excluding hydrogens is 322 g/mol. The van der Waals surface area contributed by atoms with Crippen LogP contribution in [0.4, 0.5) is 0 Å². The number of carbonyl (C=O) groups is 1. The number of ether oxygens (including phenoxy) is 2. The average Bonchev–Trinajstić information content (AvgIpc) is 3.37. The smallest absolute Gasteiger partial charge is 0.225 e. The van der Waals surface area contributed by atoms with Gasteiger partial charge < -0.3 is 14.4 Å². The molecular formula is C19H31NO3S. The summed E-state index contributed by atoms with van der Waals surface area (Å²) in [6, 6.07) is 0. The lowest BCUT2D eigenvalue weighted by Gasteiger charge is -2.40. The molecule has 4 nitrogen and oxygen atoms in total. The van der Waals surface area contributed by atoms with Crippen LogP contribution in [0.1, 0.15) is 44.9 Å². The fraction of sp³-hybridized carbons (Fsp3) is 0.947. The van der Waals surface area contributed by atoms with Gasteiger partial charge in [-0.3, -0.25) is 4.79 Å². The Labute approximate surface area is 150 Å². The monoisotopic (exact) mass is 353 g/mol. The van der Waals surface area contributed by atoms with E-state index in [0.717, 1.165) is 82.4 Å². The zero-order valence-corrected chi connectivity index (χ0v) is 15.5. The molecule has 3 heterocycles. The van der Waals surface area contributed by atoms with Crippen LogP contribution in [0.25, 0.3) is 0 Å². The van der Waals surface area contributed by atoms with Gasteiger partial charge in [-0.05, 0) is 67.8 Å². The second-order valence-electron chi connectivity index (χ2n) is 8.33. The summed E-state index contributed by atoms with van der Waals surface area (Å²) in [5, 5.41) is 0. The van der Waals surface area contributed by atoms with Crippen LogP contribution < -0.4 is 0 Å². The predicted molar refractivity (Wildman–Crippen MR) is 96.2 cm³/mol. The van der Waals surface area contributed by atoms with Gasteiger partial charge in [-0.2, -0.15) is 11.8 Å². The maximum atomic E-state index is 12.7. The van der Waals surface area contributed by atoms with Gasteiger partial charge in [0.05, 0.1) is 19.3 Å². The van der Waals surface area contributed by atoms with E-state index in [4.69, 9.17) is 9.47 Å². The second kappa shape index (κ2) is 7.55. The second-order valence-corrected chi connectivity index (χ2v) is 9.55. The lowest BCUT2D eigenvalue weighted by Crippen LogP contribution is -2.46. The Bertz CT molecular complexity index is 440. The molecule has 1 aliphatic carbocycles. The zero-order valence-electron chi connectivity index (χ0n) is 14.7. The van der Waals surface area contributed by atoms with E-state index in [9.17, 15) is 4.79 Å². The van der Waals surface area contributed by atoms with E-state index in [1.807, 2.05) is 11.8 Å². The van der Waals surface area contributed by atoms with E-state index in [-0.39, 0.29) is 6.10 Å². The van der Waals surface area contributed by atoms with Crippen LogP contribution in [0.3, 0.4) is 0 Å². The van der Waals surface area contributed by atoms with Gasteiger partial charge in [-0.1, -0.05) is 0 Å². The van der Waals surface area contributed by atoms with E-state index in [2.05, 4.69) is 4.90 Å². The number of likely N-dealkylation sites (tertiary alicyclic amines) is 1. The molecule has 5 heteroatoms. The first-order chi connectivity index (χ1) is 11.7. The molecule has 0 aromatic heterocycles. The van der Waals surface area contributed by atoms with Crippen LogP contribution in [0.15, 0.2) is 0 Å². The van der Waals surface area contributed by atoms with Gasteiger partial charge >= 0.3 is 0 Å². The highest BCUT2D eigenvalue weighted by atomic mass is 32.2. The number of hydrogen-bond acceptors (Lipinski definition) is 4. The molecule has 1 amide bonds. The third kappa shape index (κ3) is 4.10. The van der Waals surface area contributed by atoms with Crippen molar-refractivity contribution < 1.29 is 14.3 Å². The van der Waals surface area contributed by atoms with Gasteiger partial charge in [-0.15, -0.1) is 0 Å². The summed E-state index contributed by atoms with van der Waals surface area (Å²) in [5.41, 5.74) is 0.312. The van der Waals surface area contributed by atoms with Crippen molar-refractivity contribution in [1.29, 1.82) is 0 Å². The van der Waals surface area contributed by atoms with E-state index < -0.39 is 0 Å². The highest BCUT2D eigenvalue weighted by Crippen LogP contribution is 2.42. The zero-order chi connectivity index (χ0) is 16.4. The van der Waals surface area contributed by atoms with Crippen LogP contribution in [-0.2, 0) is 14.3 Å². The summed E-state index contributed by atoms with van der Waals surface area (Å²) < 4.78 is 11.9. The Balaban J connectivity index is 1.21. The third-order valence-electron chi connectivity index (χ3n) is 6.35. The minimum atomic E-state index is 0.279. The van der Waals surface area contributed by atoms with Crippen LogP contribution in [0.2, 0.25) is 0 Å². The maximum absolute atomic E-state index is 12.7. The van der Waals surface area contributed by atoms with Crippen molar-refractivity contribution in [2.24, 2.45) is 17.3 Å². The first kappa shape index (κ1) is 17.2. The first-order valence-corrected chi connectivity index (χ1v) is 11.0. The molecule has 136 valence electrons. The highest BCUT2D eigenvalue weighted by Gasteiger charge is 2.43. The van der Waals surface area contributed by atoms with E-state index in [0.29, 0.717) is 17.2 Å². The van der Waals surface area contributed by atoms with Crippen molar-refractivity contribution >= 4 is 17.7 Å². The molecule has 1 saturated carbocycles. The molecule has 24 heavy (non-hydrogen) atoms. The maximum Gasteiger partial charge on any atom is 0.225 e. The number of carbonyl (C=O) groups excluding carboxylic acids is 1. The summed E-state index contributed by atoms with van der Waals surface area (Å²) >= 11 is 1.99. The van der Waals surface area contributed by atoms with Crippen molar-refractivity contribution in [2.75, 3.05) is 44.4 Å². The van der Waals surface area contributed by atoms with E-state index >= 15 is 0 Å². The van der Waals surface area contributed by atoms with E-state index in [1.165, 1.54) is 12.8 Å². The molecule has 4 rings (SSSR count). The largest absolute Gasteiger partial charge is 0.378 e. The molecule has 0 aromatic rings. The highest BCUT2D eigenvalue weighted by molar-refractivity contribution is 7.99. The van der Waals surface area contributed by atoms with Gasteiger partial charge in [-0.25, -0.2) is 0 Å². The normalized spacial score (nSPS) is 30.8. The lowest BCUT2D eigenvalue weighted by atomic mass is 9.76. The quantitative estimate of drug-likeness (QED) is 0.762. The minimum absolute atomic E-state index is 0.279. The van der Waals surface area contributed by atoms with Gasteiger partial charge in [0.1, 0.15) is 0 Å². The van der Waals surface area contributed by atoms with Crippen molar-refractivity contribution in [1.82, 2.24) is 4.90 Å². The molecule has 1 atom stereocenters. The van der Waals surface area contributed by atoms with Gasteiger partial charge in [0, 0.05) is 25.6 Å². The summed E-state index contributed by atoms with van der Waals surface area (Å²) in [6.45, 7) is 4.42. The minimum Gasteiger partial charge on any atom is -0.378 e. The number of nitrogens with zero attached hydrogens (tertiary/aromatic N) is 1. The standard InChI is InChI=1S/C19H31NO3S/c21-18(16-3-9-24-10-4-16)20-7-5-19(6-8-20)11-17(23-14-19)13-22-12-15-1-2-15/h15-17H,1-14H2. The van der Waals surface area contributed by atoms with Crippen LogP contribution >= 0.6 is 11.8 Å². The van der Waals surface area contributed by atoms with Crippen molar-refractivity contribution in [3.8, 4) is 0 Å². The summed E-state index contributed by atoms with van der Waals surface area (Å²) in [7, 11) is 0. The fourth-order valence-electron chi connectivity index (χ4n) is 4.41.